The smallest absolute Gasteiger partial charge is 0.0876 e. The van der Waals surface area contributed by atoms with Gasteiger partial charge in [0.25, 0.3) is 0 Å². The number of rotatable bonds is 11. The molecule has 3 atom stereocenters. The van der Waals surface area contributed by atoms with Gasteiger partial charge in [0.15, 0.2) is 0 Å². The zero-order chi connectivity index (χ0) is 18.1. The molecular formula is C20H32BrNO2S. The quantitative estimate of drug-likeness (QED) is 0.378. The molecule has 0 saturated carbocycles. The first-order valence-corrected chi connectivity index (χ1v) is 11.5. The summed E-state index contributed by atoms with van der Waals surface area (Å²) in [4.78, 5) is 2.99. The molecule has 5 heteroatoms. The van der Waals surface area contributed by atoms with Crippen LogP contribution >= 0.6 is 27.7 Å². The fraction of sp³-hybridized carbons (Fsp3) is 0.700. The second-order valence-electron chi connectivity index (χ2n) is 6.56. The van der Waals surface area contributed by atoms with Crippen LogP contribution in [0, 0.1) is 0 Å². The highest BCUT2D eigenvalue weighted by molar-refractivity contribution is 9.09. The van der Waals surface area contributed by atoms with E-state index in [0.717, 1.165) is 50.3 Å². The van der Waals surface area contributed by atoms with Crippen molar-refractivity contribution in [1.29, 1.82) is 0 Å². The summed E-state index contributed by atoms with van der Waals surface area (Å²) in [5, 5.41) is 10.8. The molecule has 0 amide bonds. The summed E-state index contributed by atoms with van der Waals surface area (Å²) < 4.78 is 5.47. The minimum atomic E-state index is -0.334. The topological polar surface area (TPSA) is 32.7 Å². The zero-order valence-electron chi connectivity index (χ0n) is 15.5. The lowest BCUT2D eigenvalue weighted by Gasteiger charge is -2.28. The van der Waals surface area contributed by atoms with Crippen LogP contribution in [0.25, 0.3) is 0 Å². The predicted molar refractivity (Wildman–Crippen MR) is 113 cm³/mol. The summed E-state index contributed by atoms with van der Waals surface area (Å²) in [6.45, 7) is 6.90. The van der Waals surface area contributed by atoms with Gasteiger partial charge in [-0.05, 0) is 37.5 Å². The number of hydrogen-bond donors (Lipinski definition) is 1. The van der Waals surface area contributed by atoms with Crippen molar-refractivity contribution in [3.63, 3.8) is 0 Å². The molecule has 1 aliphatic heterocycles. The van der Waals surface area contributed by atoms with E-state index >= 15 is 0 Å². The van der Waals surface area contributed by atoms with Crippen molar-refractivity contribution in [2.75, 3.05) is 30.4 Å². The molecule has 1 aliphatic rings. The van der Waals surface area contributed by atoms with Crippen molar-refractivity contribution < 1.29 is 9.84 Å². The number of aliphatic hydroxyl groups excluding tert-OH is 1. The number of aliphatic hydroxyl groups is 1. The third kappa shape index (κ3) is 6.46. The van der Waals surface area contributed by atoms with E-state index < -0.39 is 0 Å². The van der Waals surface area contributed by atoms with Gasteiger partial charge >= 0.3 is 0 Å². The molecule has 25 heavy (non-hydrogen) atoms. The largest absolute Gasteiger partial charge is 0.388 e. The number of ether oxygens (including phenoxy) is 1. The Hall–Kier alpha value is -0.230. The molecule has 0 aromatic heterocycles. The summed E-state index contributed by atoms with van der Waals surface area (Å²) in [6, 6.07) is 8.52. The molecule has 0 bridgehead atoms. The van der Waals surface area contributed by atoms with Crippen molar-refractivity contribution in [1.82, 2.24) is 0 Å². The highest BCUT2D eigenvalue weighted by atomic mass is 79.9. The summed E-state index contributed by atoms with van der Waals surface area (Å²) in [5.41, 5.74) is 2.29. The van der Waals surface area contributed by atoms with Crippen molar-refractivity contribution in [2.45, 2.75) is 62.3 Å². The number of hydrogen-bond acceptors (Lipinski definition) is 4. The minimum absolute atomic E-state index is 0.334. The summed E-state index contributed by atoms with van der Waals surface area (Å²) >= 11 is 5.81. The number of nitrogens with zero attached hydrogens (tertiary/aromatic N) is 1. The molecule has 1 aromatic rings. The van der Waals surface area contributed by atoms with Gasteiger partial charge in [-0.2, -0.15) is 0 Å². The summed E-state index contributed by atoms with van der Waals surface area (Å²) in [5.74, 6) is 1.02. The average molecular weight is 430 g/mol. The Kier molecular flexibility index (Phi) is 9.67. The lowest BCUT2D eigenvalue weighted by Crippen LogP contribution is -2.30. The Balaban J connectivity index is 1.92. The van der Waals surface area contributed by atoms with E-state index in [4.69, 9.17) is 4.74 Å². The molecule has 1 N–H and O–H groups in total. The number of unbranched alkanes of at least 4 members (excludes halogenated alkanes) is 2. The van der Waals surface area contributed by atoms with Crippen LogP contribution < -0.4 is 4.90 Å². The van der Waals surface area contributed by atoms with Crippen LogP contribution in [0.4, 0.5) is 5.69 Å². The van der Waals surface area contributed by atoms with E-state index in [1.807, 2.05) is 18.7 Å². The van der Waals surface area contributed by atoms with E-state index in [0.29, 0.717) is 10.2 Å². The number of anilines is 1. The first-order valence-electron chi connectivity index (χ1n) is 9.55. The van der Waals surface area contributed by atoms with Gasteiger partial charge in [-0.3, -0.25) is 0 Å². The standard InChI is InChI=1S/C20H32BrNO2S/c1-3-5-6-7-19(23)16-8-10-17(11-9-16)22-13-12-18(21)20(22)25-15-14-24-4-2/h8-11,18-20,23H,3-7,12-15H2,1-2H3. The molecule has 1 saturated heterocycles. The maximum absolute atomic E-state index is 10.3. The van der Waals surface area contributed by atoms with Crippen LogP contribution in [0.3, 0.4) is 0 Å². The van der Waals surface area contributed by atoms with E-state index in [1.54, 1.807) is 0 Å². The third-order valence-corrected chi connectivity index (χ3v) is 7.31. The molecule has 142 valence electrons. The van der Waals surface area contributed by atoms with E-state index in [9.17, 15) is 5.11 Å². The maximum Gasteiger partial charge on any atom is 0.0876 e. The Labute approximate surface area is 165 Å². The molecule has 0 aliphatic carbocycles. The predicted octanol–water partition coefficient (Wildman–Crippen LogP) is 5.37. The van der Waals surface area contributed by atoms with Crippen LogP contribution in [0.2, 0.25) is 0 Å². The Morgan fingerprint density at radius 2 is 2.04 bits per heavy atom. The summed E-state index contributed by atoms with van der Waals surface area (Å²) in [7, 11) is 0. The van der Waals surface area contributed by atoms with Gasteiger partial charge < -0.3 is 14.7 Å². The van der Waals surface area contributed by atoms with Crippen LogP contribution in [-0.2, 0) is 4.74 Å². The SMILES string of the molecule is CCCCCC(O)c1ccc(N2CCC(Br)C2SCCOCC)cc1. The molecule has 0 spiro atoms. The maximum atomic E-state index is 10.3. The molecule has 3 nitrogen and oxygen atoms in total. The number of alkyl halides is 1. The van der Waals surface area contributed by atoms with E-state index in [2.05, 4.69) is 52.0 Å². The molecule has 1 aromatic carbocycles. The normalized spacial score (nSPS) is 21.7. The van der Waals surface area contributed by atoms with Gasteiger partial charge in [0.2, 0.25) is 0 Å². The Bertz CT molecular complexity index is 485. The van der Waals surface area contributed by atoms with Crippen LogP contribution in [-0.4, -0.2) is 40.8 Å². The van der Waals surface area contributed by atoms with Gasteiger partial charge in [-0.1, -0.05) is 54.2 Å². The van der Waals surface area contributed by atoms with Gasteiger partial charge in [-0.25, -0.2) is 0 Å². The van der Waals surface area contributed by atoms with Crippen LogP contribution in [0.1, 0.15) is 57.6 Å². The Morgan fingerprint density at radius 1 is 1.28 bits per heavy atom. The van der Waals surface area contributed by atoms with Crippen molar-refractivity contribution in [2.24, 2.45) is 0 Å². The van der Waals surface area contributed by atoms with Gasteiger partial charge in [0.05, 0.1) is 18.1 Å². The van der Waals surface area contributed by atoms with Crippen molar-refractivity contribution in [3.05, 3.63) is 29.8 Å². The van der Waals surface area contributed by atoms with E-state index in [1.165, 1.54) is 18.5 Å². The monoisotopic (exact) mass is 429 g/mol. The second kappa shape index (κ2) is 11.5. The van der Waals surface area contributed by atoms with Gasteiger partial charge in [0.1, 0.15) is 0 Å². The fourth-order valence-corrected chi connectivity index (χ4v) is 5.37. The third-order valence-electron chi connectivity index (χ3n) is 4.67. The first-order chi connectivity index (χ1) is 12.2. The summed E-state index contributed by atoms with van der Waals surface area (Å²) in [6.07, 6.45) is 5.16. The number of halogens is 1. The van der Waals surface area contributed by atoms with Crippen molar-refractivity contribution >= 4 is 33.4 Å². The van der Waals surface area contributed by atoms with Crippen LogP contribution in [0.5, 0.6) is 0 Å². The minimum Gasteiger partial charge on any atom is -0.388 e. The average Bonchev–Trinajstić information content (AvgIpc) is 3.00. The molecule has 0 radical (unpaired) electrons. The number of thioether (sulfide) groups is 1. The molecule has 2 rings (SSSR count). The highest BCUT2D eigenvalue weighted by Crippen LogP contribution is 2.36. The molecule has 1 heterocycles. The molecular weight excluding hydrogens is 398 g/mol. The molecule has 3 unspecified atom stereocenters. The second-order valence-corrected chi connectivity index (χ2v) is 8.96. The van der Waals surface area contributed by atoms with E-state index in [-0.39, 0.29) is 6.10 Å². The van der Waals surface area contributed by atoms with Gasteiger partial charge in [-0.15, -0.1) is 11.8 Å². The Morgan fingerprint density at radius 3 is 2.72 bits per heavy atom. The van der Waals surface area contributed by atoms with Crippen molar-refractivity contribution in [3.8, 4) is 0 Å². The van der Waals surface area contributed by atoms with Crippen LogP contribution in [0.15, 0.2) is 24.3 Å². The lowest BCUT2D eigenvalue weighted by molar-refractivity contribution is 0.163. The fourth-order valence-electron chi connectivity index (χ4n) is 3.21. The van der Waals surface area contributed by atoms with Gasteiger partial charge in [0, 0.05) is 29.4 Å². The zero-order valence-corrected chi connectivity index (χ0v) is 17.9. The lowest BCUT2D eigenvalue weighted by atomic mass is 10.0. The molecule has 1 fully saturated rings. The first kappa shape index (κ1) is 21.1. The number of benzene rings is 1. The highest BCUT2D eigenvalue weighted by Gasteiger charge is 2.32.